The van der Waals surface area contributed by atoms with E-state index in [1.165, 1.54) is 33.3 Å². The topological polar surface area (TPSA) is 12.0 Å². The van der Waals surface area contributed by atoms with E-state index in [-0.39, 0.29) is 0 Å². The third-order valence-corrected chi connectivity index (χ3v) is 5.94. The van der Waals surface area contributed by atoms with Crippen LogP contribution in [0.5, 0.6) is 0 Å². The van der Waals surface area contributed by atoms with Crippen LogP contribution in [0.1, 0.15) is 34.8 Å². The van der Waals surface area contributed by atoms with E-state index in [1.54, 1.807) is 0 Å². The highest BCUT2D eigenvalue weighted by Crippen LogP contribution is 2.38. The summed E-state index contributed by atoms with van der Waals surface area (Å²) in [6, 6.07) is 11.6. The molecule has 1 saturated carbocycles. The lowest BCUT2D eigenvalue weighted by Gasteiger charge is -2.37. The Morgan fingerprint density at radius 3 is 2.74 bits per heavy atom. The first-order chi connectivity index (χ1) is 9.24. The minimum atomic E-state index is 0.679. The van der Waals surface area contributed by atoms with Crippen molar-refractivity contribution in [1.29, 1.82) is 0 Å². The van der Waals surface area contributed by atoms with Gasteiger partial charge in [0.2, 0.25) is 0 Å². The summed E-state index contributed by atoms with van der Waals surface area (Å²) in [5.74, 6) is 0.755. The molecule has 2 aromatic rings. The van der Waals surface area contributed by atoms with E-state index >= 15 is 0 Å². The summed E-state index contributed by atoms with van der Waals surface area (Å²) in [6.45, 7) is 3.21. The molecule has 0 unspecified atom stereocenters. The Bertz CT molecular complexity index is 557. The molecule has 3 heteroatoms. The summed E-state index contributed by atoms with van der Waals surface area (Å²) < 4.78 is 1.24. The highest BCUT2D eigenvalue weighted by Gasteiger charge is 2.30. The molecule has 1 aliphatic carbocycles. The van der Waals surface area contributed by atoms with Crippen molar-refractivity contribution in [3.8, 4) is 0 Å². The monoisotopic (exact) mass is 335 g/mol. The Labute approximate surface area is 127 Å². The quantitative estimate of drug-likeness (QED) is 0.841. The maximum Gasteiger partial charge on any atom is 0.0327 e. The van der Waals surface area contributed by atoms with Gasteiger partial charge in [0.25, 0.3) is 0 Å². The van der Waals surface area contributed by atoms with Crippen LogP contribution in [0.3, 0.4) is 0 Å². The van der Waals surface area contributed by atoms with Crippen LogP contribution < -0.4 is 5.32 Å². The normalized spacial score (nSPS) is 22.2. The van der Waals surface area contributed by atoms with Crippen LogP contribution in [0.4, 0.5) is 0 Å². The Hall–Kier alpha value is -0.640. The highest BCUT2D eigenvalue weighted by atomic mass is 79.9. The van der Waals surface area contributed by atoms with Gasteiger partial charge in [-0.05, 0) is 64.2 Å². The first-order valence-corrected chi connectivity index (χ1v) is 8.42. The Balaban J connectivity index is 1.51. The van der Waals surface area contributed by atoms with Crippen molar-refractivity contribution in [2.24, 2.45) is 0 Å². The SMILES string of the molecule is Cc1ccccc1C1CC(NCc2sccc2Br)C1. The zero-order valence-electron chi connectivity index (χ0n) is 11.0. The minimum absolute atomic E-state index is 0.679. The molecular weight excluding hydrogens is 318 g/mol. The van der Waals surface area contributed by atoms with Gasteiger partial charge in [-0.2, -0.15) is 0 Å². The fourth-order valence-electron chi connectivity index (χ4n) is 2.77. The van der Waals surface area contributed by atoms with E-state index in [0.29, 0.717) is 6.04 Å². The minimum Gasteiger partial charge on any atom is -0.309 e. The first kappa shape index (κ1) is 13.3. The average Bonchev–Trinajstić information content (AvgIpc) is 2.75. The Morgan fingerprint density at radius 1 is 1.26 bits per heavy atom. The molecule has 1 N–H and O–H groups in total. The van der Waals surface area contributed by atoms with Crippen LogP contribution in [0.15, 0.2) is 40.2 Å². The molecule has 0 radical (unpaired) electrons. The summed E-state index contributed by atoms with van der Waals surface area (Å²) >= 11 is 5.40. The molecule has 1 aromatic heterocycles. The van der Waals surface area contributed by atoms with Crippen molar-refractivity contribution in [2.75, 3.05) is 0 Å². The fourth-order valence-corrected chi connectivity index (χ4v) is 4.21. The van der Waals surface area contributed by atoms with E-state index in [1.807, 2.05) is 11.3 Å². The Morgan fingerprint density at radius 2 is 2.05 bits per heavy atom. The Kier molecular flexibility index (Phi) is 4.06. The predicted octanol–water partition coefficient (Wildman–Crippen LogP) is 4.85. The molecule has 0 atom stereocenters. The average molecular weight is 336 g/mol. The largest absolute Gasteiger partial charge is 0.309 e. The molecule has 1 aromatic carbocycles. The molecule has 1 fully saturated rings. The molecule has 100 valence electrons. The number of benzene rings is 1. The second kappa shape index (κ2) is 5.78. The number of nitrogens with one attached hydrogen (secondary N) is 1. The fraction of sp³-hybridized carbons (Fsp3) is 0.375. The molecule has 0 aliphatic heterocycles. The van der Waals surface area contributed by atoms with Gasteiger partial charge >= 0.3 is 0 Å². The van der Waals surface area contributed by atoms with Crippen molar-refractivity contribution in [1.82, 2.24) is 5.32 Å². The lowest BCUT2D eigenvalue weighted by atomic mass is 9.74. The first-order valence-electron chi connectivity index (χ1n) is 6.75. The van der Waals surface area contributed by atoms with Gasteiger partial charge in [0, 0.05) is 21.9 Å². The molecule has 1 aliphatic rings. The number of aryl methyl sites for hydroxylation is 1. The van der Waals surface area contributed by atoms with E-state index < -0.39 is 0 Å². The maximum absolute atomic E-state index is 3.66. The van der Waals surface area contributed by atoms with Crippen molar-refractivity contribution in [3.05, 3.63) is 56.2 Å². The van der Waals surface area contributed by atoms with Gasteiger partial charge in [-0.3, -0.25) is 0 Å². The van der Waals surface area contributed by atoms with Gasteiger partial charge in [0.1, 0.15) is 0 Å². The molecule has 0 amide bonds. The van der Waals surface area contributed by atoms with E-state index in [2.05, 4.69) is 63.9 Å². The molecule has 0 spiro atoms. The zero-order chi connectivity index (χ0) is 13.2. The second-order valence-electron chi connectivity index (χ2n) is 5.29. The van der Waals surface area contributed by atoms with Crippen LogP contribution in [-0.2, 0) is 6.54 Å². The summed E-state index contributed by atoms with van der Waals surface area (Å²) in [4.78, 5) is 1.40. The third-order valence-electron chi connectivity index (χ3n) is 4.01. The third kappa shape index (κ3) is 2.93. The summed E-state index contributed by atoms with van der Waals surface area (Å²) in [5.41, 5.74) is 2.98. The molecule has 0 saturated heterocycles. The van der Waals surface area contributed by atoms with Crippen molar-refractivity contribution in [3.63, 3.8) is 0 Å². The van der Waals surface area contributed by atoms with Gasteiger partial charge in [0.05, 0.1) is 0 Å². The highest BCUT2D eigenvalue weighted by molar-refractivity contribution is 9.10. The number of hydrogen-bond donors (Lipinski definition) is 1. The molecule has 3 rings (SSSR count). The van der Waals surface area contributed by atoms with Gasteiger partial charge in [0.15, 0.2) is 0 Å². The van der Waals surface area contributed by atoms with Crippen molar-refractivity contribution in [2.45, 2.75) is 38.3 Å². The van der Waals surface area contributed by atoms with Crippen LogP contribution in [0.2, 0.25) is 0 Å². The van der Waals surface area contributed by atoms with E-state index in [0.717, 1.165) is 12.5 Å². The van der Waals surface area contributed by atoms with Crippen LogP contribution >= 0.6 is 27.3 Å². The summed E-state index contributed by atoms with van der Waals surface area (Å²) in [5, 5.41) is 5.80. The van der Waals surface area contributed by atoms with E-state index in [9.17, 15) is 0 Å². The second-order valence-corrected chi connectivity index (χ2v) is 7.15. The van der Waals surface area contributed by atoms with Crippen LogP contribution in [0.25, 0.3) is 0 Å². The molecule has 0 bridgehead atoms. The number of halogens is 1. The number of hydrogen-bond acceptors (Lipinski definition) is 2. The van der Waals surface area contributed by atoms with E-state index in [4.69, 9.17) is 0 Å². The van der Waals surface area contributed by atoms with Crippen molar-refractivity contribution < 1.29 is 0 Å². The number of rotatable bonds is 4. The zero-order valence-corrected chi connectivity index (χ0v) is 13.4. The van der Waals surface area contributed by atoms with Gasteiger partial charge in [-0.25, -0.2) is 0 Å². The molecular formula is C16H18BrNS. The molecule has 1 heterocycles. The molecule has 19 heavy (non-hydrogen) atoms. The van der Waals surface area contributed by atoms with Gasteiger partial charge < -0.3 is 5.32 Å². The van der Waals surface area contributed by atoms with Crippen molar-refractivity contribution >= 4 is 27.3 Å². The summed E-state index contributed by atoms with van der Waals surface area (Å²) in [6.07, 6.45) is 2.54. The standard InChI is InChI=1S/C16H18BrNS/c1-11-4-2-3-5-14(11)12-8-13(9-12)18-10-16-15(17)6-7-19-16/h2-7,12-13,18H,8-10H2,1H3. The van der Waals surface area contributed by atoms with Gasteiger partial charge in [-0.1, -0.05) is 24.3 Å². The maximum atomic E-state index is 3.66. The number of thiophene rings is 1. The van der Waals surface area contributed by atoms with Crippen LogP contribution in [0, 0.1) is 6.92 Å². The molecule has 1 nitrogen and oxygen atoms in total. The lowest BCUT2D eigenvalue weighted by Crippen LogP contribution is -2.39. The smallest absolute Gasteiger partial charge is 0.0327 e. The van der Waals surface area contributed by atoms with Gasteiger partial charge in [-0.15, -0.1) is 11.3 Å². The lowest BCUT2D eigenvalue weighted by molar-refractivity contribution is 0.289. The predicted molar refractivity (Wildman–Crippen MR) is 85.8 cm³/mol. The summed E-state index contributed by atoms with van der Waals surface area (Å²) in [7, 11) is 0. The van der Waals surface area contributed by atoms with Crippen LogP contribution in [-0.4, -0.2) is 6.04 Å².